The fourth-order valence-corrected chi connectivity index (χ4v) is 3.84. The first-order chi connectivity index (χ1) is 14.1. The van der Waals surface area contributed by atoms with Gasteiger partial charge in [0.2, 0.25) is 17.8 Å². The second-order valence-electron chi connectivity index (χ2n) is 7.33. The number of hydrogen-bond donors (Lipinski definition) is 1. The Balaban J connectivity index is 1.39. The van der Waals surface area contributed by atoms with Crippen molar-refractivity contribution in [3.8, 4) is 0 Å². The van der Waals surface area contributed by atoms with Crippen molar-refractivity contribution in [3.63, 3.8) is 0 Å². The number of amides is 2. The van der Waals surface area contributed by atoms with E-state index >= 15 is 0 Å². The zero-order valence-corrected chi connectivity index (χ0v) is 16.4. The lowest BCUT2D eigenvalue weighted by atomic mass is 9.94. The highest BCUT2D eigenvalue weighted by Crippen LogP contribution is 2.32. The van der Waals surface area contributed by atoms with Crippen molar-refractivity contribution in [2.45, 2.75) is 32.2 Å². The molecule has 0 spiro atoms. The fourth-order valence-electron chi connectivity index (χ4n) is 3.84. The molecule has 150 valence electrons. The molecule has 8 nitrogen and oxygen atoms in total. The van der Waals surface area contributed by atoms with Gasteiger partial charge < -0.3 is 10.2 Å². The average molecular weight is 392 g/mol. The van der Waals surface area contributed by atoms with Crippen LogP contribution in [0, 0.1) is 5.92 Å². The third kappa shape index (κ3) is 4.26. The Kier molecular flexibility index (Phi) is 5.50. The highest BCUT2D eigenvalue weighted by molar-refractivity contribution is 5.87. The van der Waals surface area contributed by atoms with Gasteiger partial charge in [0.25, 0.3) is 0 Å². The van der Waals surface area contributed by atoms with Crippen LogP contribution in [0.15, 0.2) is 47.7 Å². The van der Waals surface area contributed by atoms with E-state index in [1.54, 1.807) is 17.3 Å². The maximum Gasteiger partial charge on any atom is 0.246 e. The molecule has 1 fully saturated rings. The Labute approximate surface area is 169 Å². The van der Waals surface area contributed by atoms with Crippen molar-refractivity contribution in [1.29, 1.82) is 0 Å². The van der Waals surface area contributed by atoms with Gasteiger partial charge in [0.15, 0.2) is 0 Å². The Hall–Kier alpha value is -3.29. The number of anilines is 2. The highest BCUT2D eigenvalue weighted by Gasteiger charge is 2.35. The van der Waals surface area contributed by atoms with E-state index in [9.17, 15) is 9.59 Å². The van der Waals surface area contributed by atoms with Gasteiger partial charge in [-0.25, -0.2) is 9.99 Å². The van der Waals surface area contributed by atoms with Crippen molar-refractivity contribution in [2.24, 2.45) is 11.0 Å². The van der Waals surface area contributed by atoms with Crippen LogP contribution >= 0.6 is 0 Å². The van der Waals surface area contributed by atoms with Crippen LogP contribution in [0.4, 0.5) is 11.8 Å². The van der Waals surface area contributed by atoms with Gasteiger partial charge >= 0.3 is 0 Å². The van der Waals surface area contributed by atoms with E-state index in [1.165, 1.54) is 6.92 Å². The maximum atomic E-state index is 13.1. The standard InChI is InChI=1S/C21H24N6O2/c1-15(28)24-19-8-11-22-21(25-19)26-13-9-17(10-14-26)20(29)27-18(7-12-23-27)16-5-3-2-4-6-16/h2-6,8,11-12,17-18H,7,9-10,13-14H2,1H3,(H,22,24,25,28). The van der Waals surface area contributed by atoms with Gasteiger partial charge in [0.1, 0.15) is 5.82 Å². The summed E-state index contributed by atoms with van der Waals surface area (Å²) < 4.78 is 0. The van der Waals surface area contributed by atoms with Crippen molar-refractivity contribution in [3.05, 3.63) is 48.2 Å². The zero-order valence-electron chi connectivity index (χ0n) is 16.4. The summed E-state index contributed by atoms with van der Waals surface area (Å²) in [4.78, 5) is 35.1. The number of hydrogen-bond acceptors (Lipinski definition) is 6. The summed E-state index contributed by atoms with van der Waals surface area (Å²) in [5.41, 5.74) is 1.11. The van der Waals surface area contributed by atoms with Crippen LogP contribution < -0.4 is 10.2 Å². The third-order valence-corrected chi connectivity index (χ3v) is 5.31. The summed E-state index contributed by atoms with van der Waals surface area (Å²) in [5, 5.41) is 8.70. The van der Waals surface area contributed by atoms with Gasteiger partial charge in [-0.15, -0.1) is 0 Å². The van der Waals surface area contributed by atoms with Gasteiger partial charge in [-0.2, -0.15) is 10.1 Å². The minimum absolute atomic E-state index is 0.0144. The zero-order chi connectivity index (χ0) is 20.2. The molecule has 0 radical (unpaired) electrons. The van der Waals surface area contributed by atoms with Crippen LogP contribution in [0.25, 0.3) is 0 Å². The summed E-state index contributed by atoms with van der Waals surface area (Å²) in [6, 6.07) is 11.7. The fraction of sp³-hybridized carbons (Fsp3) is 0.381. The van der Waals surface area contributed by atoms with Crippen molar-refractivity contribution >= 4 is 29.8 Å². The van der Waals surface area contributed by atoms with Gasteiger partial charge in [0.05, 0.1) is 6.04 Å². The third-order valence-electron chi connectivity index (χ3n) is 5.31. The number of nitrogens with zero attached hydrogens (tertiary/aromatic N) is 5. The summed E-state index contributed by atoms with van der Waals surface area (Å²) in [7, 11) is 0. The van der Waals surface area contributed by atoms with E-state index in [2.05, 4.69) is 25.3 Å². The molecule has 1 N–H and O–H groups in total. The molecule has 1 unspecified atom stereocenters. The van der Waals surface area contributed by atoms with Crippen LogP contribution in [-0.2, 0) is 9.59 Å². The van der Waals surface area contributed by atoms with Gasteiger partial charge in [-0.3, -0.25) is 9.59 Å². The molecule has 2 aliphatic heterocycles. The van der Waals surface area contributed by atoms with Gasteiger partial charge in [0, 0.05) is 44.8 Å². The molecule has 2 aliphatic rings. The number of aromatic nitrogens is 2. The first kappa shape index (κ1) is 19.0. The number of nitrogens with one attached hydrogen (secondary N) is 1. The minimum Gasteiger partial charge on any atom is -0.341 e. The van der Waals surface area contributed by atoms with E-state index in [0.717, 1.165) is 24.8 Å². The summed E-state index contributed by atoms with van der Waals surface area (Å²) >= 11 is 0. The van der Waals surface area contributed by atoms with Crippen LogP contribution in [0.5, 0.6) is 0 Å². The molecular weight excluding hydrogens is 368 g/mol. The number of benzene rings is 1. The van der Waals surface area contributed by atoms with E-state index in [4.69, 9.17) is 0 Å². The Morgan fingerprint density at radius 2 is 1.86 bits per heavy atom. The average Bonchev–Trinajstić information content (AvgIpc) is 3.24. The molecule has 1 aromatic carbocycles. The van der Waals surface area contributed by atoms with Crippen LogP contribution in [0.2, 0.25) is 0 Å². The number of hydrazone groups is 1. The molecule has 29 heavy (non-hydrogen) atoms. The maximum absolute atomic E-state index is 13.1. The van der Waals surface area contributed by atoms with E-state index in [0.29, 0.717) is 24.9 Å². The minimum atomic E-state index is -0.168. The molecule has 3 heterocycles. The molecular formula is C21H24N6O2. The van der Waals surface area contributed by atoms with E-state index in [-0.39, 0.29) is 23.8 Å². The van der Waals surface area contributed by atoms with Gasteiger partial charge in [-0.1, -0.05) is 30.3 Å². The van der Waals surface area contributed by atoms with Crippen molar-refractivity contribution < 1.29 is 9.59 Å². The topological polar surface area (TPSA) is 90.8 Å². The van der Waals surface area contributed by atoms with Crippen molar-refractivity contribution in [2.75, 3.05) is 23.3 Å². The van der Waals surface area contributed by atoms with E-state index < -0.39 is 0 Å². The first-order valence-electron chi connectivity index (χ1n) is 9.88. The molecule has 4 rings (SSSR count). The lowest BCUT2D eigenvalue weighted by Gasteiger charge is -2.33. The highest BCUT2D eigenvalue weighted by atomic mass is 16.2. The van der Waals surface area contributed by atoms with Crippen LogP contribution in [0.3, 0.4) is 0 Å². The summed E-state index contributed by atoms with van der Waals surface area (Å²) in [5.74, 6) is 0.908. The number of rotatable bonds is 4. The molecule has 1 atom stereocenters. The molecule has 2 amide bonds. The second kappa shape index (κ2) is 8.38. The summed E-state index contributed by atoms with van der Waals surface area (Å²) in [6.07, 6.45) is 5.65. The smallest absolute Gasteiger partial charge is 0.246 e. The summed E-state index contributed by atoms with van der Waals surface area (Å²) in [6.45, 7) is 2.82. The Morgan fingerprint density at radius 3 is 2.59 bits per heavy atom. The number of piperidine rings is 1. The number of carbonyl (C=O) groups is 2. The molecule has 1 aromatic heterocycles. The van der Waals surface area contributed by atoms with E-state index in [1.807, 2.05) is 36.5 Å². The van der Waals surface area contributed by atoms with Crippen LogP contribution in [0.1, 0.15) is 37.8 Å². The molecule has 0 saturated carbocycles. The molecule has 0 bridgehead atoms. The van der Waals surface area contributed by atoms with Crippen molar-refractivity contribution in [1.82, 2.24) is 15.0 Å². The monoisotopic (exact) mass is 392 g/mol. The largest absolute Gasteiger partial charge is 0.341 e. The lowest BCUT2D eigenvalue weighted by Crippen LogP contribution is -2.41. The Morgan fingerprint density at radius 1 is 1.10 bits per heavy atom. The van der Waals surface area contributed by atoms with Gasteiger partial charge in [-0.05, 0) is 24.5 Å². The lowest BCUT2D eigenvalue weighted by molar-refractivity contribution is -0.138. The molecule has 0 aliphatic carbocycles. The van der Waals surface area contributed by atoms with Crippen LogP contribution in [-0.4, -0.2) is 46.1 Å². The number of carbonyl (C=O) groups excluding carboxylic acids is 2. The predicted octanol–water partition coefficient (Wildman–Crippen LogP) is 2.61. The molecule has 2 aromatic rings. The predicted molar refractivity (Wildman–Crippen MR) is 110 cm³/mol. The second-order valence-corrected chi connectivity index (χ2v) is 7.33. The molecule has 8 heteroatoms. The molecule has 1 saturated heterocycles. The quantitative estimate of drug-likeness (QED) is 0.864. The first-order valence-corrected chi connectivity index (χ1v) is 9.88. The SMILES string of the molecule is CC(=O)Nc1ccnc(N2CCC(C(=O)N3N=CCC3c3ccccc3)CC2)n1. The normalized spacial score (nSPS) is 19.4. The Bertz CT molecular complexity index is 908.